The van der Waals surface area contributed by atoms with Crippen molar-refractivity contribution in [3.05, 3.63) is 0 Å². The van der Waals surface area contributed by atoms with E-state index in [-0.39, 0.29) is 0 Å². The van der Waals surface area contributed by atoms with Gasteiger partial charge in [0.25, 0.3) is 0 Å². The summed E-state index contributed by atoms with van der Waals surface area (Å²) in [7, 11) is -2.68. The highest BCUT2D eigenvalue weighted by Gasteiger charge is 2.26. The molecule has 0 atom stereocenters. The fourth-order valence-electron chi connectivity index (χ4n) is 1.96. The van der Waals surface area contributed by atoms with Gasteiger partial charge in [0.2, 0.25) is 0 Å². The van der Waals surface area contributed by atoms with Crippen LogP contribution in [-0.2, 0) is 9.84 Å². The van der Waals surface area contributed by atoms with Crippen molar-refractivity contribution < 1.29 is 8.42 Å². The minimum absolute atomic E-state index is 0.386. The lowest BCUT2D eigenvalue weighted by atomic mass is 9.92. The highest BCUT2D eigenvalue weighted by atomic mass is 32.2. The molecule has 2 aliphatic rings. The number of rotatable bonds is 2. The molecule has 1 aliphatic heterocycles. The maximum Gasteiger partial charge on any atom is 0.150 e. The van der Waals surface area contributed by atoms with Gasteiger partial charge in [0.1, 0.15) is 9.84 Å². The zero-order valence-electron chi connectivity index (χ0n) is 7.83. The molecule has 1 heterocycles. The number of hydrogen-bond donors (Lipinski definition) is 1. The van der Waals surface area contributed by atoms with Gasteiger partial charge in [-0.15, -0.1) is 0 Å². The van der Waals surface area contributed by atoms with Gasteiger partial charge in [0, 0.05) is 12.1 Å². The van der Waals surface area contributed by atoms with Gasteiger partial charge in [0.05, 0.1) is 11.5 Å². The van der Waals surface area contributed by atoms with E-state index in [2.05, 4.69) is 5.32 Å². The zero-order valence-corrected chi connectivity index (χ0v) is 8.65. The summed E-state index contributed by atoms with van der Waals surface area (Å²) in [6, 6.07) is 1.15. The van der Waals surface area contributed by atoms with Crippen molar-refractivity contribution in [1.82, 2.24) is 5.32 Å². The van der Waals surface area contributed by atoms with E-state index >= 15 is 0 Å². The first-order valence-electron chi connectivity index (χ1n) is 5.12. The molecule has 13 heavy (non-hydrogen) atoms. The van der Waals surface area contributed by atoms with Gasteiger partial charge >= 0.3 is 0 Å². The molecule has 0 aromatic heterocycles. The molecule has 0 radical (unpaired) electrons. The molecular formula is C9H17NO2S. The van der Waals surface area contributed by atoms with Crippen molar-refractivity contribution in [1.29, 1.82) is 0 Å². The summed E-state index contributed by atoms with van der Waals surface area (Å²) in [5.74, 6) is 0.773. The average molecular weight is 203 g/mol. The number of sulfone groups is 1. The number of nitrogens with one attached hydrogen (secondary N) is 1. The first-order chi connectivity index (χ1) is 6.16. The van der Waals surface area contributed by atoms with Gasteiger partial charge in [-0.05, 0) is 25.7 Å². The number of hydrogen-bond acceptors (Lipinski definition) is 3. The van der Waals surface area contributed by atoms with E-state index in [9.17, 15) is 8.42 Å². The van der Waals surface area contributed by atoms with Gasteiger partial charge < -0.3 is 5.32 Å². The first-order valence-corrected chi connectivity index (χ1v) is 6.94. The maximum atomic E-state index is 11.1. The zero-order chi connectivity index (χ0) is 9.31. The molecule has 0 aromatic rings. The van der Waals surface area contributed by atoms with Crippen LogP contribution in [0.2, 0.25) is 0 Å². The quantitative estimate of drug-likeness (QED) is 0.719. The highest BCUT2D eigenvalue weighted by molar-refractivity contribution is 7.91. The van der Waals surface area contributed by atoms with Crippen molar-refractivity contribution in [2.24, 2.45) is 0 Å². The van der Waals surface area contributed by atoms with E-state index in [1.165, 1.54) is 19.3 Å². The molecule has 0 spiro atoms. The summed E-state index contributed by atoms with van der Waals surface area (Å²) >= 11 is 0. The Morgan fingerprint density at radius 2 is 1.46 bits per heavy atom. The van der Waals surface area contributed by atoms with Crippen molar-refractivity contribution in [2.45, 2.75) is 44.2 Å². The fraction of sp³-hybridized carbons (Fsp3) is 1.00. The van der Waals surface area contributed by atoms with Crippen molar-refractivity contribution in [3.8, 4) is 0 Å². The topological polar surface area (TPSA) is 46.2 Å². The first kappa shape index (κ1) is 9.46. The van der Waals surface area contributed by atoms with Crippen LogP contribution in [0.5, 0.6) is 0 Å². The molecule has 0 amide bonds. The van der Waals surface area contributed by atoms with E-state index in [0.29, 0.717) is 23.6 Å². The van der Waals surface area contributed by atoms with Crippen LogP contribution in [-0.4, -0.2) is 32.0 Å². The summed E-state index contributed by atoms with van der Waals surface area (Å²) in [4.78, 5) is 0. The van der Waals surface area contributed by atoms with Crippen LogP contribution >= 0.6 is 0 Å². The summed E-state index contributed by atoms with van der Waals surface area (Å²) in [5.41, 5.74) is 0. The Morgan fingerprint density at radius 1 is 0.923 bits per heavy atom. The summed E-state index contributed by atoms with van der Waals surface area (Å²) < 4.78 is 22.3. The lowest BCUT2D eigenvalue weighted by Gasteiger charge is -2.33. The summed E-state index contributed by atoms with van der Waals surface area (Å²) in [5, 5.41) is 3.53. The molecule has 1 saturated heterocycles. The van der Waals surface area contributed by atoms with Crippen LogP contribution in [0.15, 0.2) is 0 Å². The molecule has 0 bridgehead atoms. The normalized spacial score (nSPS) is 29.8. The highest BCUT2D eigenvalue weighted by Crippen LogP contribution is 2.21. The Hall–Kier alpha value is -0.0900. The molecule has 1 N–H and O–H groups in total. The fourth-order valence-corrected chi connectivity index (χ4v) is 3.46. The van der Waals surface area contributed by atoms with E-state index < -0.39 is 9.84 Å². The van der Waals surface area contributed by atoms with Crippen LogP contribution in [0, 0.1) is 0 Å². The Labute approximate surface area is 79.8 Å². The third kappa shape index (κ3) is 2.44. The van der Waals surface area contributed by atoms with Gasteiger partial charge in [-0.1, -0.05) is 6.42 Å². The lowest BCUT2D eigenvalue weighted by Crippen LogP contribution is -2.45. The van der Waals surface area contributed by atoms with E-state index in [0.717, 1.165) is 12.8 Å². The predicted molar refractivity (Wildman–Crippen MR) is 52.5 cm³/mol. The van der Waals surface area contributed by atoms with E-state index in [1.54, 1.807) is 0 Å². The predicted octanol–water partition coefficient (Wildman–Crippen LogP) is 0.706. The molecular weight excluding hydrogens is 186 g/mol. The molecule has 2 rings (SSSR count). The van der Waals surface area contributed by atoms with E-state index in [4.69, 9.17) is 0 Å². The van der Waals surface area contributed by atoms with Crippen LogP contribution in [0.25, 0.3) is 0 Å². The molecule has 2 fully saturated rings. The monoisotopic (exact) mass is 203 g/mol. The molecule has 1 aliphatic carbocycles. The molecule has 76 valence electrons. The second kappa shape index (κ2) is 3.58. The van der Waals surface area contributed by atoms with Gasteiger partial charge in [0.15, 0.2) is 0 Å². The summed E-state index contributed by atoms with van der Waals surface area (Å²) in [6.07, 6.45) is 5.53. The minimum atomic E-state index is -2.68. The lowest BCUT2D eigenvalue weighted by molar-refractivity contribution is 0.293. The Morgan fingerprint density at radius 3 is 1.92 bits per heavy atom. The third-order valence-electron chi connectivity index (χ3n) is 3.13. The SMILES string of the molecule is O=S1(=O)CCC(NC2CCC2)CC1. The smallest absolute Gasteiger partial charge is 0.150 e. The van der Waals surface area contributed by atoms with Gasteiger partial charge in [-0.2, -0.15) is 0 Å². The van der Waals surface area contributed by atoms with Crippen molar-refractivity contribution >= 4 is 9.84 Å². The Kier molecular flexibility index (Phi) is 2.60. The largest absolute Gasteiger partial charge is 0.311 e. The second-order valence-electron chi connectivity index (χ2n) is 4.22. The average Bonchev–Trinajstić information content (AvgIpc) is 1.99. The summed E-state index contributed by atoms with van der Waals surface area (Å²) in [6.45, 7) is 0. The molecule has 0 aromatic carbocycles. The standard InChI is InChI=1S/C9H17NO2S/c11-13(12)6-4-9(5-7-13)10-8-2-1-3-8/h8-10H,1-7H2. The Balaban J connectivity index is 1.77. The second-order valence-corrected chi connectivity index (χ2v) is 6.52. The molecule has 1 saturated carbocycles. The van der Waals surface area contributed by atoms with Crippen LogP contribution < -0.4 is 5.32 Å². The minimum Gasteiger partial charge on any atom is -0.311 e. The van der Waals surface area contributed by atoms with Gasteiger partial charge in [-0.25, -0.2) is 8.42 Å². The Bertz CT molecular complexity index is 255. The third-order valence-corrected chi connectivity index (χ3v) is 4.85. The van der Waals surface area contributed by atoms with E-state index in [1.807, 2.05) is 0 Å². The van der Waals surface area contributed by atoms with Crippen molar-refractivity contribution in [3.63, 3.8) is 0 Å². The van der Waals surface area contributed by atoms with Crippen LogP contribution in [0.3, 0.4) is 0 Å². The molecule has 3 nitrogen and oxygen atoms in total. The van der Waals surface area contributed by atoms with Crippen molar-refractivity contribution in [2.75, 3.05) is 11.5 Å². The van der Waals surface area contributed by atoms with Gasteiger partial charge in [-0.3, -0.25) is 0 Å². The van der Waals surface area contributed by atoms with Crippen LogP contribution in [0.1, 0.15) is 32.1 Å². The molecule has 4 heteroatoms. The van der Waals surface area contributed by atoms with Crippen LogP contribution in [0.4, 0.5) is 0 Å². The maximum absolute atomic E-state index is 11.1. The molecule has 0 unspecified atom stereocenters.